The highest BCUT2D eigenvalue weighted by Crippen LogP contribution is 2.06. The lowest BCUT2D eigenvalue weighted by atomic mass is 10.0. The van der Waals surface area contributed by atoms with Crippen LogP contribution >= 0.6 is 0 Å². The zero-order chi connectivity index (χ0) is 12.9. The van der Waals surface area contributed by atoms with Crippen LogP contribution in [0.15, 0.2) is 24.3 Å². The van der Waals surface area contributed by atoms with Gasteiger partial charge in [0.05, 0.1) is 5.54 Å². The Balaban J connectivity index is 2.53. The molecule has 1 amide bonds. The van der Waals surface area contributed by atoms with Gasteiger partial charge in [0.1, 0.15) is 0 Å². The Bertz CT molecular complexity index is 368. The average molecular weight is 234 g/mol. The second-order valence-electron chi connectivity index (χ2n) is 4.73. The van der Waals surface area contributed by atoms with E-state index < -0.39 is 5.54 Å². The van der Waals surface area contributed by atoms with Gasteiger partial charge in [-0.1, -0.05) is 31.2 Å². The Morgan fingerprint density at radius 2 is 1.71 bits per heavy atom. The van der Waals surface area contributed by atoms with E-state index in [-0.39, 0.29) is 5.91 Å². The molecule has 1 aromatic rings. The first-order valence-electron chi connectivity index (χ1n) is 6.04. The molecule has 0 spiro atoms. The van der Waals surface area contributed by atoms with Crippen LogP contribution in [-0.2, 0) is 17.8 Å². The topological polar surface area (TPSA) is 41.1 Å². The number of carbonyl (C=O) groups is 1. The average Bonchev–Trinajstić information content (AvgIpc) is 2.36. The molecule has 0 heterocycles. The van der Waals surface area contributed by atoms with Gasteiger partial charge in [-0.2, -0.15) is 0 Å². The molecular formula is C14H22N2O. The van der Waals surface area contributed by atoms with Crippen LogP contribution in [0.2, 0.25) is 0 Å². The van der Waals surface area contributed by atoms with Gasteiger partial charge in [0, 0.05) is 6.54 Å². The minimum absolute atomic E-state index is 0.0135. The van der Waals surface area contributed by atoms with E-state index in [9.17, 15) is 4.79 Å². The highest BCUT2D eigenvalue weighted by Gasteiger charge is 2.24. The lowest BCUT2D eigenvalue weighted by molar-refractivity contribution is -0.126. The number of hydrogen-bond acceptors (Lipinski definition) is 2. The molecule has 0 unspecified atom stereocenters. The summed E-state index contributed by atoms with van der Waals surface area (Å²) >= 11 is 0. The molecule has 0 atom stereocenters. The van der Waals surface area contributed by atoms with Gasteiger partial charge in [0.15, 0.2) is 0 Å². The van der Waals surface area contributed by atoms with Crippen molar-refractivity contribution in [1.29, 1.82) is 0 Å². The predicted octanol–water partition coefficient (Wildman–Crippen LogP) is 1.86. The van der Waals surface area contributed by atoms with Crippen LogP contribution in [0.4, 0.5) is 0 Å². The first kappa shape index (κ1) is 13.7. The summed E-state index contributed by atoms with van der Waals surface area (Å²) in [6.45, 7) is 6.44. The maximum absolute atomic E-state index is 11.8. The third-order valence-electron chi connectivity index (χ3n) is 3.08. The fraction of sp³-hybridized carbons (Fsp3) is 0.500. The summed E-state index contributed by atoms with van der Waals surface area (Å²) in [6, 6.07) is 8.33. The van der Waals surface area contributed by atoms with Crippen LogP contribution < -0.4 is 10.6 Å². The third kappa shape index (κ3) is 3.86. The summed E-state index contributed by atoms with van der Waals surface area (Å²) in [7, 11) is 1.79. The van der Waals surface area contributed by atoms with Gasteiger partial charge < -0.3 is 10.6 Å². The van der Waals surface area contributed by atoms with Crippen molar-refractivity contribution in [1.82, 2.24) is 10.6 Å². The van der Waals surface area contributed by atoms with Crippen LogP contribution in [0, 0.1) is 0 Å². The zero-order valence-corrected chi connectivity index (χ0v) is 11.1. The number of benzene rings is 1. The summed E-state index contributed by atoms with van der Waals surface area (Å²) in [6.07, 6.45) is 1.04. The van der Waals surface area contributed by atoms with Gasteiger partial charge in [-0.15, -0.1) is 0 Å². The van der Waals surface area contributed by atoms with E-state index in [4.69, 9.17) is 0 Å². The molecule has 0 bridgehead atoms. The molecule has 3 heteroatoms. The summed E-state index contributed by atoms with van der Waals surface area (Å²) in [4.78, 5) is 11.8. The number of hydrogen-bond donors (Lipinski definition) is 2. The molecule has 3 nitrogen and oxygen atoms in total. The summed E-state index contributed by atoms with van der Waals surface area (Å²) in [5, 5.41) is 5.91. The van der Waals surface area contributed by atoms with Crippen LogP contribution in [0.5, 0.6) is 0 Å². The molecule has 1 rings (SSSR count). The van der Waals surface area contributed by atoms with Crippen molar-refractivity contribution < 1.29 is 4.79 Å². The van der Waals surface area contributed by atoms with Gasteiger partial charge in [-0.25, -0.2) is 0 Å². The van der Waals surface area contributed by atoms with Gasteiger partial charge >= 0.3 is 0 Å². The van der Waals surface area contributed by atoms with Gasteiger partial charge in [0.2, 0.25) is 5.91 Å². The number of nitrogens with one attached hydrogen (secondary N) is 2. The molecule has 0 radical (unpaired) electrons. The Labute approximate surface area is 104 Å². The van der Waals surface area contributed by atoms with Crippen LogP contribution in [0.25, 0.3) is 0 Å². The molecule has 2 N–H and O–H groups in total. The van der Waals surface area contributed by atoms with E-state index in [1.807, 2.05) is 13.8 Å². The number of amides is 1. The van der Waals surface area contributed by atoms with E-state index in [1.165, 1.54) is 5.56 Å². The van der Waals surface area contributed by atoms with Crippen molar-refractivity contribution in [2.75, 3.05) is 7.05 Å². The van der Waals surface area contributed by atoms with E-state index in [2.05, 4.69) is 41.8 Å². The minimum Gasteiger partial charge on any atom is -0.350 e. The molecule has 0 saturated heterocycles. The van der Waals surface area contributed by atoms with Crippen molar-refractivity contribution in [2.24, 2.45) is 0 Å². The number of carbonyl (C=O) groups excluding carboxylic acids is 1. The van der Waals surface area contributed by atoms with Crippen LogP contribution in [-0.4, -0.2) is 18.5 Å². The molecule has 1 aromatic carbocycles. The molecule has 0 fully saturated rings. The first-order valence-corrected chi connectivity index (χ1v) is 6.04. The fourth-order valence-corrected chi connectivity index (χ4v) is 1.41. The fourth-order valence-electron chi connectivity index (χ4n) is 1.41. The molecule has 0 aliphatic rings. The smallest absolute Gasteiger partial charge is 0.239 e. The van der Waals surface area contributed by atoms with E-state index in [0.29, 0.717) is 6.54 Å². The molecule has 17 heavy (non-hydrogen) atoms. The van der Waals surface area contributed by atoms with Crippen molar-refractivity contribution in [3.05, 3.63) is 35.4 Å². The summed E-state index contributed by atoms with van der Waals surface area (Å²) in [5.74, 6) is 0.0135. The normalized spacial score (nSPS) is 11.3. The number of likely N-dealkylation sites (N-methyl/N-ethyl adjacent to an activating group) is 1. The van der Waals surface area contributed by atoms with Crippen molar-refractivity contribution in [3.8, 4) is 0 Å². The molecule has 94 valence electrons. The zero-order valence-electron chi connectivity index (χ0n) is 11.1. The van der Waals surface area contributed by atoms with Crippen LogP contribution in [0.1, 0.15) is 31.9 Å². The van der Waals surface area contributed by atoms with Gasteiger partial charge in [-0.3, -0.25) is 4.79 Å². The minimum atomic E-state index is -0.524. The van der Waals surface area contributed by atoms with Crippen molar-refractivity contribution in [2.45, 2.75) is 39.3 Å². The molecule has 0 saturated carbocycles. The standard InChI is InChI=1S/C14H22N2O/c1-5-11-6-8-12(9-7-11)10-16-13(17)14(2,3)15-4/h6-9,15H,5,10H2,1-4H3,(H,16,17). The van der Waals surface area contributed by atoms with E-state index in [1.54, 1.807) is 7.05 Å². The van der Waals surface area contributed by atoms with Crippen LogP contribution in [0.3, 0.4) is 0 Å². The van der Waals surface area contributed by atoms with Gasteiger partial charge in [0.25, 0.3) is 0 Å². The second kappa shape index (κ2) is 5.82. The van der Waals surface area contributed by atoms with E-state index in [0.717, 1.165) is 12.0 Å². The largest absolute Gasteiger partial charge is 0.350 e. The third-order valence-corrected chi connectivity index (χ3v) is 3.08. The Morgan fingerprint density at radius 1 is 1.18 bits per heavy atom. The number of rotatable bonds is 5. The first-order chi connectivity index (χ1) is 7.99. The Hall–Kier alpha value is -1.35. The second-order valence-corrected chi connectivity index (χ2v) is 4.73. The maximum Gasteiger partial charge on any atom is 0.239 e. The van der Waals surface area contributed by atoms with E-state index >= 15 is 0 Å². The summed E-state index contributed by atoms with van der Waals surface area (Å²) in [5.41, 5.74) is 1.92. The lowest BCUT2D eigenvalue weighted by Gasteiger charge is -2.22. The Morgan fingerprint density at radius 3 is 2.18 bits per heavy atom. The SMILES string of the molecule is CCc1ccc(CNC(=O)C(C)(C)NC)cc1. The van der Waals surface area contributed by atoms with Crippen molar-refractivity contribution >= 4 is 5.91 Å². The molecule has 0 aromatic heterocycles. The quantitative estimate of drug-likeness (QED) is 0.816. The highest BCUT2D eigenvalue weighted by molar-refractivity contribution is 5.85. The summed E-state index contributed by atoms with van der Waals surface area (Å²) < 4.78 is 0. The highest BCUT2D eigenvalue weighted by atomic mass is 16.2. The monoisotopic (exact) mass is 234 g/mol. The maximum atomic E-state index is 11.8. The van der Waals surface area contributed by atoms with Gasteiger partial charge in [-0.05, 0) is 38.4 Å². The lowest BCUT2D eigenvalue weighted by Crippen LogP contribution is -2.50. The molecule has 0 aliphatic carbocycles. The number of aryl methyl sites for hydroxylation is 1. The Kier molecular flexibility index (Phi) is 4.70. The molecule has 0 aliphatic heterocycles. The predicted molar refractivity (Wildman–Crippen MR) is 70.8 cm³/mol. The van der Waals surface area contributed by atoms with Crippen molar-refractivity contribution in [3.63, 3.8) is 0 Å². The molecular weight excluding hydrogens is 212 g/mol.